The largest absolute Gasteiger partial charge is 0.367 e. The molecule has 0 saturated heterocycles. The topological polar surface area (TPSA) is 41.5 Å². The Kier molecular flexibility index (Phi) is 3.02. The third-order valence-corrected chi connectivity index (χ3v) is 0.288. The van der Waals surface area contributed by atoms with Crippen LogP contribution >= 0.6 is 0 Å². The maximum absolute atomic E-state index is 8.27. The van der Waals surface area contributed by atoms with E-state index in [0.29, 0.717) is 0 Å². The zero-order chi connectivity index (χ0) is 4.99. The molecule has 0 aromatic rings. The fraction of sp³-hybridized carbons (Fsp3) is 1.00. The Morgan fingerprint density at radius 2 is 2.33 bits per heavy atom. The Balaban J connectivity index is 2.63. The van der Waals surface area contributed by atoms with Crippen molar-refractivity contribution in [2.24, 2.45) is 0 Å². The second-order valence-electron chi connectivity index (χ2n) is 0.921. The molecule has 38 valence electrons. The summed E-state index contributed by atoms with van der Waals surface area (Å²) in [6.07, 6.45) is -0.713. The van der Waals surface area contributed by atoms with Crippen LogP contribution in [0.3, 0.4) is 0 Å². The Labute approximate surface area is 36.9 Å². The first-order chi connectivity index (χ1) is 2.77. The van der Waals surface area contributed by atoms with Gasteiger partial charge in [-0.2, -0.15) is 0 Å². The molecule has 0 aliphatic rings. The second kappa shape index (κ2) is 3.08. The first kappa shape index (κ1) is 5.88. The quantitative estimate of drug-likeness (QED) is 0.355. The summed E-state index contributed by atoms with van der Waals surface area (Å²) < 4.78 is 0. The van der Waals surface area contributed by atoms with E-state index in [1.807, 2.05) is 0 Å². The Bertz CT molecular complexity index is 30.0. The van der Waals surface area contributed by atoms with E-state index in [-0.39, 0.29) is 0 Å². The fourth-order valence-corrected chi connectivity index (χ4v) is 0.171. The van der Waals surface area contributed by atoms with Gasteiger partial charge in [0.25, 0.3) is 0 Å². The summed E-state index contributed by atoms with van der Waals surface area (Å²) in [6.45, 7) is 1.52. The monoisotopic (exact) mass is 91.1 g/mol. The van der Waals surface area contributed by atoms with Crippen LogP contribution < -0.4 is 5.48 Å². The van der Waals surface area contributed by atoms with Crippen molar-refractivity contribution in [3.8, 4) is 0 Å². The van der Waals surface area contributed by atoms with Crippen molar-refractivity contribution in [1.29, 1.82) is 0 Å². The van der Waals surface area contributed by atoms with Crippen LogP contribution in [0.5, 0.6) is 0 Å². The molecule has 0 aliphatic carbocycles. The van der Waals surface area contributed by atoms with E-state index >= 15 is 0 Å². The van der Waals surface area contributed by atoms with Crippen molar-refractivity contribution in [3.05, 3.63) is 0 Å². The van der Waals surface area contributed by atoms with Gasteiger partial charge in [-0.1, -0.05) is 0 Å². The van der Waals surface area contributed by atoms with Crippen LogP contribution in [0.4, 0.5) is 0 Å². The van der Waals surface area contributed by atoms with Gasteiger partial charge in [0.1, 0.15) is 0 Å². The molecule has 0 amide bonds. The highest BCUT2D eigenvalue weighted by molar-refractivity contribution is 4.11. The van der Waals surface area contributed by atoms with Gasteiger partial charge in [-0.25, -0.2) is 5.48 Å². The maximum atomic E-state index is 8.27. The minimum atomic E-state index is -0.713. The van der Waals surface area contributed by atoms with Crippen molar-refractivity contribution in [2.75, 3.05) is 7.05 Å². The van der Waals surface area contributed by atoms with Crippen molar-refractivity contribution >= 4 is 0 Å². The van der Waals surface area contributed by atoms with Crippen LogP contribution in [-0.2, 0) is 4.84 Å². The molecule has 1 atom stereocenters. The predicted molar refractivity (Wildman–Crippen MR) is 21.8 cm³/mol. The zero-order valence-corrected chi connectivity index (χ0v) is 3.93. The number of rotatable bonds is 2. The fourth-order valence-electron chi connectivity index (χ4n) is 0.171. The highest BCUT2D eigenvalue weighted by Gasteiger charge is 1.85. The SMILES string of the molecule is CNOC(C)O. The van der Waals surface area contributed by atoms with E-state index in [1.165, 1.54) is 6.92 Å². The highest BCUT2D eigenvalue weighted by Crippen LogP contribution is 1.72. The summed E-state index contributed by atoms with van der Waals surface area (Å²) >= 11 is 0. The predicted octanol–water partition coefficient (Wildman–Crippen LogP) is -0.524. The molecule has 0 saturated carbocycles. The van der Waals surface area contributed by atoms with Crippen LogP contribution in [0.2, 0.25) is 0 Å². The lowest BCUT2D eigenvalue weighted by atomic mass is 10.8. The van der Waals surface area contributed by atoms with Gasteiger partial charge >= 0.3 is 0 Å². The Hall–Kier alpha value is -0.120. The molecule has 0 radical (unpaired) electrons. The van der Waals surface area contributed by atoms with E-state index in [4.69, 9.17) is 5.11 Å². The second-order valence-corrected chi connectivity index (χ2v) is 0.921. The molecule has 1 unspecified atom stereocenters. The molecule has 6 heavy (non-hydrogen) atoms. The molecule has 0 aliphatic heterocycles. The summed E-state index contributed by atoms with van der Waals surface area (Å²) in [5.74, 6) is 0. The van der Waals surface area contributed by atoms with Gasteiger partial charge in [-0.15, -0.1) is 0 Å². The standard InChI is InChI=1S/C3H9NO2/c1-3(5)6-4-2/h3-5H,1-2H3. The Morgan fingerprint density at radius 3 is 2.33 bits per heavy atom. The molecular weight excluding hydrogens is 82.0 g/mol. The molecule has 0 spiro atoms. The minimum absolute atomic E-state index is 0.713. The minimum Gasteiger partial charge on any atom is -0.367 e. The summed E-state index contributed by atoms with van der Waals surface area (Å²) in [7, 11) is 1.59. The van der Waals surface area contributed by atoms with Gasteiger partial charge in [0.05, 0.1) is 0 Å². The summed E-state index contributed by atoms with van der Waals surface area (Å²) in [5.41, 5.74) is 2.32. The smallest absolute Gasteiger partial charge is 0.171 e. The van der Waals surface area contributed by atoms with Crippen LogP contribution in [-0.4, -0.2) is 18.4 Å². The van der Waals surface area contributed by atoms with E-state index in [1.54, 1.807) is 7.05 Å². The van der Waals surface area contributed by atoms with Gasteiger partial charge in [0, 0.05) is 7.05 Å². The van der Waals surface area contributed by atoms with Gasteiger partial charge < -0.3 is 5.11 Å². The number of nitrogens with one attached hydrogen (secondary N) is 1. The molecule has 0 aromatic carbocycles. The number of aliphatic hydroxyl groups is 1. The molecule has 0 aromatic heterocycles. The Morgan fingerprint density at radius 1 is 1.83 bits per heavy atom. The van der Waals surface area contributed by atoms with E-state index in [2.05, 4.69) is 10.3 Å². The number of aliphatic hydroxyl groups excluding tert-OH is 1. The van der Waals surface area contributed by atoms with Gasteiger partial charge in [-0.05, 0) is 6.92 Å². The third kappa shape index (κ3) is 3.88. The average molecular weight is 91.1 g/mol. The molecule has 2 N–H and O–H groups in total. The van der Waals surface area contributed by atoms with Crippen molar-refractivity contribution in [2.45, 2.75) is 13.2 Å². The lowest BCUT2D eigenvalue weighted by molar-refractivity contribution is -0.126. The van der Waals surface area contributed by atoms with Crippen LogP contribution in [0.25, 0.3) is 0 Å². The first-order valence-corrected chi connectivity index (χ1v) is 1.78. The first-order valence-electron chi connectivity index (χ1n) is 1.78. The molecule has 0 heterocycles. The lowest BCUT2D eigenvalue weighted by Crippen LogP contribution is -2.16. The van der Waals surface area contributed by atoms with Crippen molar-refractivity contribution in [1.82, 2.24) is 5.48 Å². The van der Waals surface area contributed by atoms with E-state index in [9.17, 15) is 0 Å². The highest BCUT2D eigenvalue weighted by atomic mass is 16.7. The average Bonchev–Trinajstić information content (AvgIpc) is 1.35. The van der Waals surface area contributed by atoms with Crippen LogP contribution in [0, 0.1) is 0 Å². The van der Waals surface area contributed by atoms with Crippen molar-refractivity contribution in [3.63, 3.8) is 0 Å². The van der Waals surface area contributed by atoms with Gasteiger partial charge in [0.15, 0.2) is 6.29 Å². The van der Waals surface area contributed by atoms with Gasteiger partial charge in [0.2, 0.25) is 0 Å². The maximum Gasteiger partial charge on any atom is 0.171 e. The lowest BCUT2D eigenvalue weighted by Gasteiger charge is -2.00. The summed E-state index contributed by atoms with van der Waals surface area (Å²) in [6, 6.07) is 0. The molecular formula is C3H9NO2. The van der Waals surface area contributed by atoms with Crippen LogP contribution in [0.1, 0.15) is 6.92 Å². The number of hydrogen-bond acceptors (Lipinski definition) is 3. The van der Waals surface area contributed by atoms with Crippen molar-refractivity contribution < 1.29 is 9.94 Å². The van der Waals surface area contributed by atoms with Gasteiger partial charge in [-0.3, -0.25) is 4.84 Å². The summed E-state index contributed by atoms with van der Waals surface area (Å²) in [5, 5.41) is 8.27. The molecule has 0 fully saturated rings. The third-order valence-electron chi connectivity index (χ3n) is 0.288. The van der Waals surface area contributed by atoms with E-state index in [0.717, 1.165) is 0 Å². The normalized spacial score (nSPS) is 14.5. The van der Waals surface area contributed by atoms with Crippen LogP contribution in [0.15, 0.2) is 0 Å². The molecule has 3 nitrogen and oxygen atoms in total. The number of hydrogen-bond donors (Lipinski definition) is 2. The number of hydroxylamine groups is 1. The molecule has 0 bridgehead atoms. The zero-order valence-electron chi connectivity index (χ0n) is 3.93. The summed E-state index contributed by atoms with van der Waals surface area (Å²) in [4.78, 5) is 4.35. The van der Waals surface area contributed by atoms with E-state index < -0.39 is 6.29 Å². The molecule has 0 rings (SSSR count). The molecule has 3 heteroatoms.